The Bertz CT molecular complexity index is 614. The minimum Gasteiger partial charge on any atom is -0.299 e. The number of nitrogens with zero attached hydrogens (tertiary/aromatic N) is 2. The predicted octanol–water partition coefficient (Wildman–Crippen LogP) is 4.14. The molecular formula is C15H18ClN3OS2. The van der Waals surface area contributed by atoms with Gasteiger partial charge in [0.2, 0.25) is 11.0 Å². The highest BCUT2D eigenvalue weighted by Gasteiger charge is 2.12. The largest absolute Gasteiger partial charge is 0.299 e. The molecule has 7 heteroatoms. The molecule has 0 aliphatic rings. The van der Waals surface area contributed by atoms with Gasteiger partial charge in [-0.05, 0) is 38.2 Å². The molecule has 0 radical (unpaired) electrons. The fraction of sp³-hybridized carbons (Fsp3) is 0.400. The number of hydrogen-bond donors (Lipinski definition) is 1. The van der Waals surface area contributed by atoms with Crippen molar-refractivity contribution in [3.05, 3.63) is 34.8 Å². The van der Waals surface area contributed by atoms with Gasteiger partial charge in [0.05, 0.1) is 0 Å². The third-order valence-corrected chi connectivity index (χ3v) is 5.08. The molecule has 0 saturated carbocycles. The fourth-order valence-electron chi connectivity index (χ4n) is 1.66. The van der Waals surface area contributed by atoms with Gasteiger partial charge < -0.3 is 0 Å². The lowest BCUT2D eigenvalue weighted by molar-refractivity contribution is -0.115. The molecule has 1 amide bonds. The number of benzene rings is 1. The van der Waals surface area contributed by atoms with Gasteiger partial charge in [0.1, 0.15) is 10.4 Å². The van der Waals surface area contributed by atoms with Crippen molar-refractivity contribution in [3.63, 3.8) is 0 Å². The van der Waals surface area contributed by atoms with E-state index in [-0.39, 0.29) is 5.91 Å². The Hall–Kier alpha value is -1.11. The number of thioether (sulfide) groups is 1. The molecule has 0 spiro atoms. The Morgan fingerprint density at radius 3 is 2.77 bits per heavy atom. The Kier molecular flexibility index (Phi) is 6.67. The maximum atomic E-state index is 11.5. The molecule has 0 saturated heterocycles. The van der Waals surface area contributed by atoms with E-state index in [4.69, 9.17) is 11.6 Å². The van der Waals surface area contributed by atoms with Crippen LogP contribution in [-0.4, -0.2) is 27.2 Å². The second-order valence-corrected chi connectivity index (χ2v) is 7.76. The summed E-state index contributed by atoms with van der Waals surface area (Å²) in [6, 6.07) is 8.54. The highest BCUT2D eigenvalue weighted by molar-refractivity contribution is 7.99. The number of anilines is 1. The zero-order chi connectivity index (χ0) is 15.9. The van der Waals surface area contributed by atoms with Crippen LogP contribution in [0.25, 0.3) is 0 Å². The van der Waals surface area contributed by atoms with Crippen LogP contribution < -0.4 is 5.32 Å². The summed E-state index contributed by atoms with van der Waals surface area (Å²) in [5.74, 6) is 0.780. The second kappa shape index (κ2) is 8.50. The van der Waals surface area contributed by atoms with Gasteiger partial charge in [0.25, 0.3) is 0 Å². The van der Waals surface area contributed by atoms with Gasteiger partial charge in [-0.2, -0.15) is 0 Å². The van der Waals surface area contributed by atoms with Gasteiger partial charge in [-0.3, -0.25) is 10.1 Å². The lowest BCUT2D eigenvalue weighted by atomic mass is 10.2. The van der Waals surface area contributed by atoms with Crippen molar-refractivity contribution in [1.29, 1.82) is 0 Å². The number of alkyl halides is 1. The highest BCUT2D eigenvalue weighted by Crippen LogP contribution is 2.22. The molecule has 1 aromatic heterocycles. The van der Waals surface area contributed by atoms with E-state index < -0.39 is 5.38 Å². The molecule has 1 unspecified atom stereocenters. The van der Waals surface area contributed by atoms with Crippen LogP contribution in [0.4, 0.5) is 5.13 Å². The van der Waals surface area contributed by atoms with Crippen molar-refractivity contribution in [2.75, 3.05) is 11.1 Å². The lowest BCUT2D eigenvalue weighted by Gasteiger charge is -2.01. The number of rotatable bonds is 7. The Balaban J connectivity index is 1.72. The van der Waals surface area contributed by atoms with Crippen LogP contribution in [-0.2, 0) is 11.2 Å². The SMILES string of the molecule is Cc1ccc(SCCCc2nnc(NC(=O)C(C)Cl)s2)cc1. The van der Waals surface area contributed by atoms with Gasteiger partial charge in [0.15, 0.2) is 0 Å². The standard InChI is InChI=1S/C15H18ClN3OS2/c1-10-5-7-12(8-6-10)21-9-3-4-13-18-19-15(22-13)17-14(20)11(2)16/h5-8,11H,3-4,9H2,1-2H3,(H,17,19,20). The highest BCUT2D eigenvalue weighted by atomic mass is 35.5. The molecule has 2 rings (SSSR count). The Labute approximate surface area is 143 Å². The maximum absolute atomic E-state index is 11.5. The van der Waals surface area contributed by atoms with Gasteiger partial charge >= 0.3 is 0 Å². The average Bonchev–Trinajstić information content (AvgIpc) is 2.93. The zero-order valence-electron chi connectivity index (χ0n) is 12.5. The monoisotopic (exact) mass is 355 g/mol. The Morgan fingerprint density at radius 1 is 1.36 bits per heavy atom. The first-order chi connectivity index (χ1) is 10.5. The molecule has 1 N–H and O–H groups in total. The summed E-state index contributed by atoms with van der Waals surface area (Å²) in [5, 5.41) is 11.6. The summed E-state index contributed by atoms with van der Waals surface area (Å²) in [4.78, 5) is 12.7. The summed E-state index contributed by atoms with van der Waals surface area (Å²) >= 11 is 8.94. The van der Waals surface area contributed by atoms with Gasteiger partial charge in [0, 0.05) is 11.3 Å². The van der Waals surface area contributed by atoms with Crippen LogP contribution in [0.15, 0.2) is 29.2 Å². The van der Waals surface area contributed by atoms with Crippen molar-refractivity contribution >= 4 is 45.7 Å². The van der Waals surface area contributed by atoms with Crippen LogP contribution in [0.3, 0.4) is 0 Å². The second-order valence-electron chi connectivity index (χ2n) is 4.87. The molecule has 0 fully saturated rings. The van der Waals surface area contributed by atoms with Crippen LogP contribution in [0, 0.1) is 6.92 Å². The van der Waals surface area contributed by atoms with Gasteiger partial charge in [-0.1, -0.05) is 29.0 Å². The van der Waals surface area contributed by atoms with E-state index in [1.165, 1.54) is 21.8 Å². The lowest BCUT2D eigenvalue weighted by Crippen LogP contribution is -2.20. The van der Waals surface area contributed by atoms with Gasteiger partial charge in [-0.15, -0.1) is 33.6 Å². The fourth-order valence-corrected chi connectivity index (χ4v) is 3.35. The molecule has 0 aliphatic carbocycles. The predicted molar refractivity (Wildman–Crippen MR) is 94.1 cm³/mol. The van der Waals surface area contributed by atoms with E-state index in [0.29, 0.717) is 5.13 Å². The summed E-state index contributed by atoms with van der Waals surface area (Å²) < 4.78 is 0. The number of halogens is 1. The molecule has 2 aromatic rings. The first-order valence-electron chi connectivity index (χ1n) is 7.01. The minimum absolute atomic E-state index is 0.251. The van der Waals surface area contributed by atoms with E-state index in [9.17, 15) is 4.79 Å². The quantitative estimate of drug-likeness (QED) is 0.460. The van der Waals surface area contributed by atoms with E-state index in [1.807, 2.05) is 11.8 Å². The van der Waals surface area contributed by atoms with Crippen LogP contribution in [0.5, 0.6) is 0 Å². The summed E-state index contributed by atoms with van der Waals surface area (Å²) in [6.45, 7) is 3.71. The first-order valence-corrected chi connectivity index (χ1v) is 9.25. The molecule has 4 nitrogen and oxygen atoms in total. The number of carbonyl (C=O) groups is 1. The average molecular weight is 356 g/mol. The minimum atomic E-state index is -0.571. The number of aryl methyl sites for hydroxylation is 2. The third-order valence-electron chi connectivity index (χ3n) is 2.88. The number of carbonyl (C=O) groups excluding carboxylic acids is 1. The molecule has 118 valence electrons. The molecular weight excluding hydrogens is 338 g/mol. The number of hydrogen-bond acceptors (Lipinski definition) is 5. The van der Waals surface area contributed by atoms with Gasteiger partial charge in [-0.25, -0.2) is 0 Å². The zero-order valence-corrected chi connectivity index (χ0v) is 14.9. The normalized spacial score (nSPS) is 12.1. The maximum Gasteiger partial charge on any atom is 0.243 e. The molecule has 1 aromatic carbocycles. The molecule has 0 bridgehead atoms. The number of aromatic nitrogens is 2. The van der Waals surface area contributed by atoms with E-state index in [1.54, 1.807) is 6.92 Å². The number of nitrogens with one attached hydrogen (secondary N) is 1. The van der Waals surface area contributed by atoms with Crippen LogP contribution in [0.2, 0.25) is 0 Å². The summed E-state index contributed by atoms with van der Waals surface area (Å²) in [6.07, 6.45) is 1.88. The number of amides is 1. The molecule has 1 atom stereocenters. The molecule has 1 heterocycles. The summed E-state index contributed by atoms with van der Waals surface area (Å²) in [7, 11) is 0. The molecule has 0 aliphatic heterocycles. The van der Waals surface area contributed by atoms with Crippen LogP contribution >= 0.6 is 34.7 Å². The van der Waals surface area contributed by atoms with Crippen molar-refractivity contribution in [2.45, 2.75) is 37.0 Å². The van der Waals surface area contributed by atoms with E-state index in [0.717, 1.165) is 23.6 Å². The summed E-state index contributed by atoms with van der Waals surface area (Å²) in [5.41, 5.74) is 1.28. The topological polar surface area (TPSA) is 54.9 Å². The third kappa shape index (κ3) is 5.59. The van der Waals surface area contributed by atoms with Crippen molar-refractivity contribution in [2.24, 2.45) is 0 Å². The molecule has 22 heavy (non-hydrogen) atoms. The van der Waals surface area contributed by atoms with E-state index in [2.05, 4.69) is 46.7 Å². The first kappa shape index (κ1) is 17.2. The smallest absolute Gasteiger partial charge is 0.243 e. The van der Waals surface area contributed by atoms with Crippen LogP contribution in [0.1, 0.15) is 23.9 Å². The Morgan fingerprint density at radius 2 is 2.09 bits per heavy atom. The van der Waals surface area contributed by atoms with E-state index >= 15 is 0 Å². The van der Waals surface area contributed by atoms with Crippen molar-refractivity contribution in [1.82, 2.24) is 10.2 Å². The van der Waals surface area contributed by atoms with Crippen molar-refractivity contribution < 1.29 is 4.79 Å². The van der Waals surface area contributed by atoms with Crippen molar-refractivity contribution in [3.8, 4) is 0 Å².